The summed E-state index contributed by atoms with van der Waals surface area (Å²) in [6, 6.07) is 7.18. The van der Waals surface area contributed by atoms with Crippen LogP contribution in [-0.4, -0.2) is 22.2 Å². The highest BCUT2D eigenvalue weighted by Gasteiger charge is 2.18. The highest BCUT2D eigenvalue weighted by atomic mass is 35.5. The molecule has 0 aliphatic carbocycles. The average Bonchev–Trinajstić information content (AvgIpc) is 2.78. The number of aromatic carboxylic acids is 1. The van der Waals surface area contributed by atoms with Gasteiger partial charge < -0.3 is 14.4 Å². The maximum atomic E-state index is 11.6. The predicted molar refractivity (Wildman–Crippen MR) is 59.9 cm³/mol. The molecule has 1 aromatic carbocycles. The Morgan fingerprint density at radius 1 is 1.33 bits per heavy atom. The first kappa shape index (κ1) is 12.1. The van der Waals surface area contributed by atoms with E-state index in [1.165, 1.54) is 12.1 Å². The zero-order chi connectivity index (χ0) is 13.1. The van der Waals surface area contributed by atoms with Crippen molar-refractivity contribution in [2.75, 3.05) is 0 Å². The van der Waals surface area contributed by atoms with E-state index in [1.54, 1.807) is 12.1 Å². The third-order valence-electron chi connectivity index (χ3n) is 1.94. The summed E-state index contributed by atoms with van der Waals surface area (Å²) in [6.45, 7) is 0. The second kappa shape index (κ2) is 4.89. The van der Waals surface area contributed by atoms with Gasteiger partial charge in [-0.05, 0) is 18.2 Å². The molecule has 2 rings (SSSR count). The van der Waals surface area contributed by atoms with Crippen molar-refractivity contribution >= 4 is 23.5 Å². The fraction of sp³-hybridized carbons (Fsp3) is 0. The second-order valence-electron chi connectivity index (χ2n) is 3.23. The van der Waals surface area contributed by atoms with E-state index >= 15 is 0 Å². The number of esters is 1. The zero-order valence-corrected chi connectivity index (χ0v) is 9.55. The number of ether oxygens (including phenoxy) is 1. The predicted octanol–water partition coefficient (Wildman–Crippen LogP) is 2.25. The third kappa shape index (κ3) is 2.67. The number of rotatable bonds is 3. The number of carbonyl (C=O) groups excluding carboxylic acids is 1. The molecule has 0 aliphatic rings. The second-order valence-corrected chi connectivity index (χ2v) is 3.66. The number of halogens is 1. The molecule has 0 bridgehead atoms. The zero-order valence-electron chi connectivity index (χ0n) is 8.79. The van der Waals surface area contributed by atoms with Crippen LogP contribution < -0.4 is 4.74 Å². The number of hydrogen-bond donors (Lipinski definition) is 1. The summed E-state index contributed by atoms with van der Waals surface area (Å²) in [5.74, 6) is -2.35. The van der Waals surface area contributed by atoms with Gasteiger partial charge in [0.2, 0.25) is 5.76 Å². The highest BCUT2D eigenvalue weighted by Crippen LogP contribution is 2.18. The van der Waals surface area contributed by atoms with Crippen LogP contribution in [0.4, 0.5) is 0 Å². The molecule has 2 aromatic rings. The molecule has 1 heterocycles. The molecule has 0 spiro atoms. The van der Waals surface area contributed by atoms with Gasteiger partial charge in [0, 0.05) is 11.1 Å². The SMILES string of the molecule is O=C(Oc1cccc(Cl)c1)c1cc(C(=O)O)on1. The van der Waals surface area contributed by atoms with Gasteiger partial charge >= 0.3 is 11.9 Å². The standard InChI is InChI=1S/C11H6ClNO5/c12-6-2-1-3-7(4-6)17-11(16)8-5-9(10(14)15)18-13-8/h1-5H,(H,14,15). The van der Waals surface area contributed by atoms with Gasteiger partial charge in [-0.1, -0.05) is 22.8 Å². The third-order valence-corrected chi connectivity index (χ3v) is 2.17. The summed E-state index contributed by atoms with van der Waals surface area (Å²) in [4.78, 5) is 22.1. The van der Waals surface area contributed by atoms with Crippen LogP contribution in [0.25, 0.3) is 0 Å². The maximum absolute atomic E-state index is 11.6. The lowest BCUT2D eigenvalue weighted by Crippen LogP contribution is -2.08. The monoisotopic (exact) mass is 267 g/mol. The Kier molecular flexibility index (Phi) is 3.29. The molecule has 1 N–H and O–H groups in total. The molecule has 0 fully saturated rings. The molecule has 1 aromatic heterocycles. The van der Waals surface area contributed by atoms with Gasteiger partial charge in [-0.2, -0.15) is 0 Å². The molecule has 0 unspecified atom stereocenters. The number of carbonyl (C=O) groups is 2. The molecule has 0 atom stereocenters. The molecule has 18 heavy (non-hydrogen) atoms. The topological polar surface area (TPSA) is 89.6 Å². The Balaban J connectivity index is 2.14. The van der Waals surface area contributed by atoms with Crippen molar-refractivity contribution in [2.45, 2.75) is 0 Å². The molecule has 0 radical (unpaired) electrons. The van der Waals surface area contributed by atoms with E-state index in [9.17, 15) is 9.59 Å². The molecular formula is C11H6ClNO5. The van der Waals surface area contributed by atoms with Gasteiger partial charge in [0.15, 0.2) is 5.69 Å². The van der Waals surface area contributed by atoms with E-state index in [-0.39, 0.29) is 11.4 Å². The molecule has 92 valence electrons. The van der Waals surface area contributed by atoms with Gasteiger partial charge in [0.25, 0.3) is 0 Å². The molecule has 0 saturated heterocycles. The first-order chi connectivity index (χ1) is 8.56. The van der Waals surface area contributed by atoms with Gasteiger partial charge in [-0.3, -0.25) is 0 Å². The lowest BCUT2D eigenvalue weighted by atomic mass is 10.3. The first-order valence-corrected chi connectivity index (χ1v) is 5.12. The normalized spacial score (nSPS) is 10.1. The first-order valence-electron chi connectivity index (χ1n) is 4.74. The fourth-order valence-corrected chi connectivity index (χ4v) is 1.34. The van der Waals surface area contributed by atoms with Crippen LogP contribution in [-0.2, 0) is 0 Å². The Morgan fingerprint density at radius 3 is 2.72 bits per heavy atom. The molecule has 0 amide bonds. The van der Waals surface area contributed by atoms with E-state index < -0.39 is 17.7 Å². The number of carboxylic acid groups (broad SMARTS) is 1. The van der Waals surface area contributed by atoms with Crippen molar-refractivity contribution < 1.29 is 24.0 Å². The summed E-state index contributed by atoms with van der Waals surface area (Å²) < 4.78 is 9.37. The van der Waals surface area contributed by atoms with Gasteiger partial charge in [0.05, 0.1) is 0 Å². The van der Waals surface area contributed by atoms with Crippen LogP contribution in [0, 0.1) is 0 Å². The van der Waals surface area contributed by atoms with E-state index in [2.05, 4.69) is 9.68 Å². The Morgan fingerprint density at radius 2 is 2.11 bits per heavy atom. The van der Waals surface area contributed by atoms with Gasteiger partial charge in [-0.25, -0.2) is 9.59 Å². The summed E-state index contributed by atoms with van der Waals surface area (Å²) in [7, 11) is 0. The van der Waals surface area contributed by atoms with Gasteiger partial charge in [-0.15, -0.1) is 0 Å². The molecule has 0 aliphatic heterocycles. The van der Waals surface area contributed by atoms with Crippen molar-refractivity contribution in [3.05, 3.63) is 46.8 Å². The molecule has 6 nitrogen and oxygen atoms in total. The summed E-state index contributed by atoms with van der Waals surface area (Å²) in [6.07, 6.45) is 0. The summed E-state index contributed by atoms with van der Waals surface area (Å²) in [5.41, 5.74) is -0.229. The Bertz CT molecular complexity index is 607. The average molecular weight is 268 g/mol. The van der Waals surface area contributed by atoms with E-state index in [0.717, 1.165) is 6.07 Å². The van der Waals surface area contributed by atoms with Crippen LogP contribution in [0.15, 0.2) is 34.9 Å². The Labute approximate surface area is 106 Å². The van der Waals surface area contributed by atoms with Crippen molar-refractivity contribution in [1.29, 1.82) is 0 Å². The van der Waals surface area contributed by atoms with Crippen LogP contribution in [0.3, 0.4) is 0 Å². The minimum absolute atomic E-state index is 0.229. The van der Waals surface area contributed by atoms with E-state index in [4.69, 9.17) is 21.4 Å². The van der Waals surface area contributed by atoms with Crippen molar-refractivity contribution in [3.63, 3.8) is 0 Å². The van der Waals surface area contributed by atoms with Crippen LogP contribution in [0.5, 0.6) is 5.75 Å². The highest BCUT2D eigenvalue weighted by molar-refractivity contribution is 6.30. The van der Waals surface area contributed by atoms with E-state index in [0.29, 0.717) is 5.02 Å². The van der Waals surface area contributed by atoms with Crippen molar-refractivity contribution in [1.82, 2.24) is 5.16 Å². The number of carboxylic acids is 1. The smallest absolute Gasteiger partial charge is 0.374 e. The van der Waals surface area contributed by atoms with Crippen molar-refractivity contribution in [3.8, 4) is 5.75 Å². The van der Waals surface area contributed by atoms with Crippen molar-refractivity contribution in [2.24, 2.45) is 0 Å². The van der Waals surface area contributed by atoms with Gasteiger partial charge in [0.1, 0.15) is 5.75 Å². The maximum Gasteiger partial charge on any atom is 0.374 e. The van der Waals surface area contributed by atoms with Crippen LogP contribution in [0.1, 0.15) is 21.0 Å². The molecule has 0 saturated carbocycles. The van der Waals surface area contributed by atoms with Crippen LogP contribution >= 0.6 is 11.6 Å². The minimum Gasteiger partial charge on any atom is -0.475 e. The molecule has 7 heteroatoms. The summed E-state index contributed by atoms with van der Waals surface area (Å²) in [5, 5.41) is 12.3. The summed E-state index contributed by atoms with van der Waals surface area (Å²) >= 11 is 5.72. The fourth-order valence-electron chi connectivity index (χ4n) is 1.16. The lowest BCUT2D eigenvalue weighted by molar-refractivity contribution is 0.0647. The quantitative estimate of drug-likeness (QED) is 0.677. The largest absolute Gasteiger partial charge is 0.475 e. The molecular weight excluding hydrogens is 262 g/mol. The minimum atomic E-state index is -1.32. The lowest BCUT2D eigenvalue weighted by Gasteiger charge is -2.01. The number of hydrogen-bond acceptors (Lipinski definition) is 5. The Hall–Kier alpha value is -2.34. The number of nitrogens with zero attached hydrogens (tertiary/aromatic N) is 1. The number of aromatic nitrogens is 1. The van der Waals surface area contributed by atoms with E-state index in [1.807, 2.05) is 0 Å². The number of benzene rings is 1. The van der Waals surface area contributed by atoms with Crippen LogP contribution in [0.2, 0.25) is 5.02 Å².